The van der Waals surface area contributed by atoms with Gasteiger partial charge in [-0.05, 0) is 62.4 Å². The normalized spacial score (nSPS) is 11.9. The predicted octanol–water partition coefficient (Wildman–Crippen LogP) is 3.63. The molecule has 2 aromatic heterocycles. The summed E-state index contributed by atoms with van der Waals surface area (Å²) < 4.78 is 27.3. The number of nitrogens with one attached hydrogen (secondary N) is 2. The van der Waals surface area contributed by atoms with Crippen LogP contribution in [0.5, 0.6) is 0 Å². The highest BCUT2D eigenvalue weighted by atomic mass is 35.5. The van der Waals surface area contributed by atoms with Gasteiger partial charge in [-0.15, -0.1) is 10.2 Å². The van der Waals surface area contributed by atoms with Gasteiger partial charge < -0.3 is 5.32 Å². The maximum atomic E-state index is 12.6. The molecular formula is C20H17ClN6O3S2. The summed E-state index contributed by atoms with van der Waals surface area (Å²) in [5.41, 5.74) is 1.56. The van der Waals surface area contributed by atoms with Gasteiger partial charge >= 0.3 is 0 Å². The Labute approximate surface area is 194 Å². The average Bonchev–Trinajstić information content (AvgIpc) is 2.76. The van der Waals surface area contributed by atoms with Crippen LogP contribution in [0.15, 0.2) is 58.5 Å². The van der Waals surface area contributed by atoms with Gasteiger partial charge in [0, 0.05) is 11.4 Å². The summed E-state index contributed by atoms with van der Waals surface area (Å²) in [4.78, 5) is 16.9. The van der Waals surface area contributed by atoms with Crippen molar-refractivity contribution in [2.45, 2.75) is 29.0 Å². The lowest BCUT2D eigenvalue weighted by Gasteiger charge is -2.13. The minimum Gasteiger partial charge on any atom is -0.325 e. The molecule has 1 unspecified atom stereocenters. The average molecular weight is 489 g/mol. The van der Waals surface area contributed by atoms with Gasteiger partial charge in [-0.1, -0.05) is 23.4 Å². The summed E-state index contributed by atoms with van der Waals surface area (Å²) in [6, 6.07) is 13.9. The van der Waals surface area contributed by atoms with Crippen molar-refractivity contribution >= 4 is 50.8 Å². The van der Waals surface area contributed by atoms with Gasteiger partial charge in [0.1, 0.15) is 11.1 Å². The zero-order chi connectivity index (χ0) is 23.3. The van der Waals surface area contributed by atoms with Crippen molar-refractivity contribution in [2.75, 3.05) is 10.0 Å². The summed E-state index contributed by atoms with van der Waals surface area (Å²) in [7, 11) is -3.89. The Morgan fingerprint density at radius 2 is 1.84 bits per heavy atom. The van der Waals surface area contributed by atoms with E-state index in [0.29, 0.717) is 16.3 Å². The number of aryl methyl sites for hydroxylation is 1. The molecule has 164 valence electrons. The van der Waals surface area contributed by atoms with E-state index in [0.717, 1.165) is 5.69 Å². The minimum atomic E-state index is -3.89. The van der Waals surface area contributed by atoms with E-state index < -0.39 is 15.3 Å². The number of aromatic nitrogens is 3. The molecule has 0 bridgehead atoms. The van der Waals surface area contributed by atoms with Crippen LogP contribution in [0.4, 0.5) is 11.5 Å². The molecule has 0 aliphatic heterocycles. The molecule has 0 saturated carbocycles. The number of pyridine rings is 1. The van der Waals surface area contributed by atoms with E-state index in [1.165, 1.54) is 48.2 Å². The minimum absolute atomic E-state index is 0.0164. The molecule has 0 spiro atoms. The lowest BCUT2D eigenvalue weighted by Crippen LogP contribution is -2.22. The SMILES string of the molecule is Cc1ccc(C#N)c(SC(C)C(=O)Nc2ccc(S(=O)(=O)Nc3ccc(Cl)nn3)cc2)n1. The van der Waals surface area contributed by atoms with Crippen LogP contribution in [0.3, 0.4) is 0 Å². The topological polar surface area (TPSA) is 138 Å². The largest absolute Gasteiger partial charge is 0.325 e. The molecule has 0 fully saturated rings. The third-order valence-corrected chi connectivity index (χ3v) is 6.75. The fourth-order valence-corrected chi connectivity index (χ4v) is 4.49. The number of nitriles is 1. The van der Waals surface area contributed by atoms with Crippen molar-refractivity contribution in [3.05, 3.63) is 64.9 Å². The number of benzene rings is 1. The van der Waals surface area contributed by atoms with Crippen LogP contribution in [0.25, 0.3) is 0 Å². The molecule has 12 heteroatoms. The van der Waals surface area contributed by atoms with Gasteiger partial charge in [0.05, 0.1) is 15.7 Å². The molecule has 1 atom stereocenters. The Morgan fingerprint density at radius 3 is 2.47 bits per heavy atom. The highest BCUT2D eigenvalue weighted by Crippen LogP contribution is 2.26. The number of carbonyl (C=O) groups is 1. The van der Waals surface area contributed by atoms with E-state index >= 15 is 0 Å². The predicted molar refractivity (Wildman–Crippen MR) is 122 cm³/mol. The first-order valence-electron chi connectivity index (χ1n) is 9.15. The maximum Gasteiger partial charge on any atom is 0.263 e. The number of hydrogen-bond acceptors (Lipinski definition) is 8. The number of sulfonamides is 1. The lowest BCUT2D eigenvalue weighted by atomic mass is 10.3. The Hall–Kier alpha value is -3.20. The van der Waals surface area contributed by atoms with Gasteiger partial charge in [0.15, 0.2) is 11.0 Å². The number of halogens is 1. The van der Waals surface area contributed by atoms with Crippen LogP contribution in [-0.2, 0) is 14.8 Å². The Kier molecular flexibility index (Phi) is 7.29. The quantitative estimate of drug-likeness (QED) is 0.481. The summed E-state index contributed by atoms with van der Waals surface area (Å²) in [6.07, 6.45) is 0. The first-order chi connectivity index (χ1) is 15.2. The molecular weight excluding hydrogens is 472 g/mol. The van der Waals surface area contributed by atoms with Crippen molar-refractivity contribution in [3.8, 4) is 6.07 Å². The summed E-state index contributed by atoms with van der Waals surface area (Å²) >= 11 is 6.82. The van der Waals surface area contributed by atoms with E-state index in [4.69, 9.17) is 11.6 Å². The van der Waals surface area contributed by atoms with Gasteiger partial charge in [0.2, 0.25) is 5.91 Å². The smallest absolute Gasteiger partial charge is 0.263 e. The number of anilines is 2. The number of carbonyl (C=O) groups excluding carboxylic acids is 1. The number of amides is 1. The molecule has 0 aliphatic carbocycles. The second-order valence-electron chi connectivity index (χ2n) is 6.54. The van der Waals surface area contributed by atoms with E-state index in [1.807, 2.05) is 0 Å². The van der Waals surface area contributed by atoms with Gasteiger partial charge in [-0.3, -0.25) is 9.52 Å². The molecule has 32 heavy (non-hydrogen) atoms. The molecule has 2 N–H and O–H groups in total. The fraction of sp³-hybridized carbons (Fsp3) is 0.150. The maximum absolute atomic E-state index is 12.6. The Bertz CT molecular complexity index is 1280. The fourth-order valence-electron chi connectivity index (χ4n) is 2.46. The standard InChI is InChI=1S/C20H17ClN6O3S2/c1-12-3-4-14(11-22)20(23-12)31-13(2)19(28)24-15-5-7-16(8-6-15)32(29,30)27-18-10-9-17(21)25-26-18/h3-10,13H,1-2H3,(H,24,28)(H,26,27). The van der Waals surface area contributed by atoms with Crippen molar-refractivity contribution < 1.29 is 13.2 Å². The number of hydrogen-bond donors (Lipinski definition) is 2. The molecule has 0 aliphatic rings. The molecule has 1 amide bonds. The van der Waals surface area contributed by atoms with Crippen LogP contribution >= 0.6 is 23.4 Å². The van der Waals surface area contributed by atoms with Crippen molar-refractivity contribution in [1.82, 2.24) is 15.2 Å². The number of thioether (sulfide) groups is 1. The Balaban J connectivity index is 1.66. The zero-order valence-corrected chi connectivity index (χ0v) is 19.3. The summed E-state index contributed by atoms with van der Waals surface area (Å²) in [5, 5.41) is 19.3. The van der Waals surface area contributed by atoms with Crippen molar-refractivity contribution in [2.24, 2.45) is 0 Å². The monoisotopic (exact) mass is 488 g/mol. The van der Waals surface area contributed by atoms with Crippen molar-refractivity contribution in [3.63, 3.8) is 0 Å². The lowest BCUT2D eigenvalue weighted by molar-refractivity contribution is -0.115. The van der Waals surface area contributed by atoms with E-state index in [1.54, 1.807) is 26.0 Å². The van der Waals surface area contributed by atoms with Gasteiger partial charge in [-0.2, -0.15) is 5.26 Å². The molecule has 2 heterocycles. The number of rotatable bonds is 7. The van der Waals surface area contributed by atoms with Gasteiger partial charge in [-0.25, -0.2) is 13.4 Å². The molecule has 3 aromatic rings. The first kappa shape index (κ1) is 23.5. The molecule has 3 rings (SSSR count). The second-order valence-corrected chi connectivity index (χ2v) is 9.94. The third kappa shape index (κ3) is 5.94. The number of nitrogens with zero attached hydrogens (tertiary/aromatic N) is 4. The molecule has 0 radical (unpaired) electrons. The highest BCUT2D eigenvalue weighted by molar-refractivity contribution is 8.00. The Morgan fingerprint density at radius 1 is 1.12 bits per heavy atom. The highest BCUT2D eigenvalue weighted by Gasteiger charge is 2.19. The van der Waals surface area contributed by atoms with E-state index in [9.17, 15) is 18.5 Å². The van der Waals surface area contributed by atoms with Crippen LogP contribution in [0.1, 0.15) is 18.2 Å². The van der Waals surface area contributed by atoms with Gasteiger partial charge in [0.25, 0.3) is 10.0 Å². The zero-order valence-electron chi connectivity index (χ0n) is 16.9. The van der Waals surface area contributed by atoms with Crippen molar-refractivity contribution in [1.29, 1.82) is 5.26 Å². The summed E-state index contributed by atoms with van der Waals surface area (Å²) in [5.74, 6) is -0.286. The summed E-state index contributed by atoms with van der Waals surface area (Å²) in [6.45, 7) is 3.50. The second kappa shape index (κ2) is 9.95. The molecule has 1 aromatic carbocycles. The van der Waals surface area contributed by atoms with E-state index in [-0.39, 0.29) is 21.8 Å². The van der Waals surface area contributed by atoms with Crippen LogP contribution in [-0.4, -0.2) is 34.8 Å². The van der Waals surface area contributed by atoms with Crippen LogP contribution < -0.4 is 10.0 Å². The van der Waals surface area contributed by atoms with Crippen LogP contribution in [0, 0.1) is 18.3 Å². The first-order valence-corrected chi connectivity index (χ1v) is 11.9. The van der Waals surface area contributed by atoms with E-state index in [2.05, 4.69) is 31.3 Å². The van der Waals surface area contributed by atoms with Crippen LogP contribution in [0.2, 0.25) is 5.15 Å². The molecule has 0 saturated heterocycles. The molecule has 9 nitrogen and oxygen atoms in total. The third-order valence-electron chi connectivity index (χ3n) is 4.08.